The number of hydrogen-bond donors (Lipinski definition) is 2. The van der Waals surface area contributed by atoms with Crippen LogP contribution in [0.4, 0.5) is 30.2 Å². The van der Waals surface area contributed by atoms with Gasteiger partial charge in [-0.1, -0.05) is 11.6 Å². The monoisotopic (exact) mass is 456 g/mol. The predicted octanol–water partition coefficient (Wildman–Crippen LogP) is 3.75. The Hall–Kier alpha value is -2.30. The predicted molar refractivity (Wildman–Crippen MR) is 114 cm³/mol. The largest absolute Gasteiger partial charge is 0.408 e. The number of anilines is 3. The first-order chi connectivity index (χ1) is 14.7. The van der Waals surface area contributed by atoms with Crippen LogP contribution in [0.25, 0.3) is 0 Å². The summed E-state index contributed by atoms with van der Waals surface area (Å²) in [6.45, 7) is 5.90. The summed E-state index contributed by atoms with van der Waals surface area (Å²) in [4.78, 5) is 4.62. The van der Waals surface area contributed by atoms with Crippen molar-refractivity contribution in [2.75, 3.05) is 49.6 Å². The maximum atomic E-state index is 12.6. The lowest BCUT2D eigenvalue weighted by atomic mass is 9.97. The van der Waals surface area contributed by atoms with Crippen LogP contribution in [-0.2, 0) is 11.3 Å². The Labute approximate surface area is 183 Å². The van der Waals surface area contributed by atoms with Crippen molar-refractivity contribution in [1.29, 1.82) is 5.41 Å². The zero-order chi connectivity index (χ0) is 22.2. The Morgan fingerprint density at radius 3 is 2.55 bits per heavy atom. The molecule has 31 heavy (non-hydrogen) atoms. The highest BCUT2D eigenvalue weighted by Crippen LogP contribution is 2.35. The van der Waals surface area contributed by atoms with E-state index in [4.69, 9.17) is 21.7 Å². The Balaban J connectivity index is 1.50. The van der Waals surface area contributed by atoms with Crippen molar-refractivity contribution in [3.63, 3.8) is 0 Å². The van der Waals surface area contributed by atoms with E-state index in [0.717, 1.165) is 56.0 Å². The molecule has 0 bridgehead atoms. The highest BCUT2D eigenvalue weighted by atomic mass is 35.5. The molecule has 4 rings (SSSR count). The van der Waals surface area contributed by atoms with Crippen molar-refractivity contribution in [1.82, 2.24) is 14.7 Å². The maximum absolute atomic E-state index is 12.6. The average Bonchev–Trinajstić information content (AvgIpc) is 3.12. The van der Waals surface area contributed by atoms with Crippen molar-refractivity contribution in [3.05, 3.63) is 35.1 Å². The van der Waals surface area contributed by atoms with Crippen molar-refractivity contribution in [2.24, 2.45) is 0 Å². The number of benzene rings is 1. The van der Waals surface area contributed by atoms with Crippen LogP contribution in [0.3, 0.4) is 0 Å². The molecular weight excluding hydrogens is 433 g/mol. The molecule has 168 valence electrons. The molecule has 2 saturated heterocycles. The number of piperazine rings is 1. The van der Waals surface area contributed by atoms with Crippen LogP contribution in [0.15, 0.2) is 24.5 Å². The fourth-order valence-corrected chi connectivity index (χ4v) is 4.26. The molecule has 2 N–H and O–H groups in total. The van der Waals surface area contributed by atoms with Crippen molar-refractivity contribution >= 4 is 34.9 Å². The number of hydrogen-bond acceptors (Lipinski definition) is 6. The number of alkyl halides is 3. The van der Waals surface area contributed by atoms with Crippen molar-refractivity contribution in [3.8, 4) is 0 Å². The molecule has 2 fully saturated rings. The van der Waals surface area contributed by atoms with Crippen molar-refractivity contribution in [2.45, 2.75) is 25.2 Å². The van der Waals surface area contributed by atoms with Crippen LogP contribution in [0.2, 0.25) is 5.02 Å². The van der Waals surface area contributed by atoms with Crippen LogP contribution >= 0.6 is 11.6 Å². The van der Waals surface area contributed by atoms with Gasteiger partial charge in [0.1, 0.15) is 6.54 Å². The Morgan fingerprint density at radius 1 is 1.26 bits per heavy atom. The van der Waals surface area contributed by atoms with Crippen LogP contribution in [0.5, 0.6) is 0 Å². The second-order valence-electron chi connectivity index (χ2n) is 8.17. The van der Waals surface area contributed by atoms with Gasteiger partial charge in [0.25, 0.3) is 0 Å². The summed E-state index contributed by atoms with van der Waals surface area (Å²) in [6.07, 6.45) is -0.571. The third kappa shape index (κ3) is 4.81. The molecule has 0 spiro atoms. The molecule has 1 aromatic heterocycles. The van der Waals surface area contributed by atoms with Crippen LogP contribution < -0.4 is 10.2 Å². The van der Waals surface area contributed by atoms with Gasteiger partial charge in [0.15, 0.2) is 0 Å². The van der Waals surface area contributed by atoms with Crippen molar-refractivity contribution < 1.29 is 17.9 Å². The van der Waals surface area contributed by atoms with Gasteiger partial charge in [-0.15, -0.1) is 0 Å². The summed E-state index contributed by atoms with van der Waals surface area (Å²) in [7, 11) is 0. The number of halogens is 4. The van der Waals surface area contributed by atoms with E-state index in [1.54, 1.807) is 6.07 Å². The molecule has 0 radical (unpaired) electrons. The summed E-state index contributed by atoms with van der Waals surface area (Å²) in [6, 6.07) is 3.54. The van der Waals surface area contributed by atoms with E-state index in [0.29, 0.717) is 22.0 Å². The Bertz CT molecular complexity index is 951. The lowest BCUT2D eigenvalue weighted by Gasteiger charge is -2.50. The van der Waals surface area contributed by atoms with E-state index in [9.17, 15) is 13.2 Å². The first-order valence-corrected chi connectivity index (χ1v) is 10.3. The lowest BCUT2D eigenvalue weighted by molar-refractivity contribution is -0.142. The molecule has 0 saturated carbocycles. The number of rotatable bonds is 6. The Morgan fingerprint density at radius 2 is 1.97 bits per heavy atom. The van der Waals surface area contributed by atoms with Gasteiger partial charge in [-0.3, -0.25) is 9.58 Å². The van der Waals surface area contributed by atoms with E-state index in [1.165, 1.54) is 12.4 Å². The highest BCUT2D eigenvalue weighted by molar-refractivity contribution is 6.33. The minimum atomic E-state index is -4.35. The molecule has 2 aliphatic rings. The van der Waals surface area contributed by atoms with E-state index >= 15 is 0 Å². The highest BCUT2D eigenvalue weighted by Gasteiger charge is 2.40. The quantitative estimate of drug-likeness (QED) is 0.648. The standard InChI is InChI=1S/C20H24ClF3N6O/c1-19(12-31-13-19)29-4-2-28(3-5-29)18-7-17(14(8-25)6-16(18)21)27-15-9-26-30(10-15)11-20(22,23)24/h6-10,25,27H,2-5,11-13H2,1H3. The topological polar surface area (TPSA) is 69.4 Å². The summed E-state index contributed by atoms with van der Waals surface area (Å²) >= 11 is 6.51. The summed E-state index contributed by atoms with van der Waals surface area (Å²) in [5.74, 6) is 0. The summed E-state index contributed by atoms with van der Waals surface area (Å²) in [5.41, 5.74) is 2.46. The minimum Gasteiger partial charge on any atom is -0.377 e. The molecule has 0 aliphatic carbocycles. The van der Waals surface area contributed by atoms with Gasteiger partial charge in [0, 0.05) is 49.8 Å². The van der Waals surface area contributed by atoms with Gasteiger partial charge in [0.05, 0.1) is 41.3 Å². The second-order valence-corrected chi connectivity index (χ2v) is 8.57. The molecular formula is C20H24ClF3N6O. The van der Waals surface area contributed by atoms with Gasteiger partial charge >= 0.3 is 6.18 Å². The molecule has 0 atom stereocenters. The molecule has 2 aromatic rings. The zero-order valence-corrected chi connectivity index (χ0v) is 17.8. The third-order valence-electron chi connectivity index (χ3n) is 5.74. The van der Waals surface area contributed by atoms with Gasteiger partial charge in [-0.25, -0.2) is 0 Å². The summed E-state index contributed by atoms with van der Waals surface area (Å²) in [5, 5.41) is 15.0. The van der Waals surface area contributed by atoms with Gasteiger partial charge in [-0.2, -0.15) is 18.3 Å². The number of nitrogens with one attached hydrogen (secondary N) is 2. The number of nitrogens with zero attached hydrogens (tertiary/aromatic N) is 4. The zero-order valence-electron chi connectivity index (χ0n) is 17.0. The van der Waals surface area contributed by atoms with E-state index in [1.807, 2.05) is 6.07 Å². The fraction of sp³-hybridized carbons (Fsp3) is 0.500. The van der Waals surface area contributed by atoms with Gasteiger partial charge in [0.2, 0.25) is 0 Å². The smallest absolute Gasteiger partial charge is 0.377 e. The number of aromatic nitrogens is 2. The van der Waals surface area contributed by atoms with Crippen LogP contribution in [-0.4, -0.2) is 72.0 Å². The number of ether oxygens (including phenoxy) is 1. The first-order valence-electron chi connectivity index (χ1n) is 9.95. The van der Waals surface area contributed by atoms with Crippen LogP contribution in [0.1, 0.15) is 12.5 Å². The minimum absolute atomic E-state index is 0.100. The molecule has 2 aliphatic heterocycles. The molecule has 7 nitrogen and oxygen atoms in total. The molecule has 1 aromatic carbocycles. The van der Waals surface area contributed by atoms with Gasteiger partial charge in [-0.05, 0) is 19.1 Å². The molecule has 0 amide bonds. The maximum Gasteiger partial charge on any atom is 0.408 e. The molecule has 0 unspecified atom stereocenters. The summed E-state index contributed by atoms with van der Waals surface area (Å²) < 4.78 is 44.0. The lowest BCUT2D eigenvalue weighted by Crippen LogP contribution is -2.64. The normalized spacial score (nSPS) is 19.2. The van der Waals surface area contributed by atoms with E-state index in [-0.39, 0.29) is 5.54 Å². The third-order valence-corrected chi connectivity index (χ3v) is 6.04. The SMILES string of the molecule is CC1(N2CCN(c3cc(Nc4cnn(CC(F)(F)F)c4)c(C=N)cc3Cl)CC2)COC1. The second kappa shape index (κ2) is 8.33. The van der Waals surface area contributed by atoms with E-state index < -0.39 is 12.7 Å². The van der Waals surface area contributed by atoms with Crippen LogP contribution in [0, 0.1) is 5.41 Å². The average molecular weight is 457 g/mol. The molecule has 11 heteroatoms. The molecule has 3 heterocycles. The fourth-order valence-electron chi connectivity index (χ4n) is 3.97. The van der Waals surface area contributed by atoms with Gasteiger partial charge < -0.3 is 20.4 Å². The van der Waals surface area contributed by atoms with E-state index in [2.05, 4.69) is 27.1 Å². The Kier molecular flexibility index (Phi) is 5.89. The first kappa shape index (κ1) is 21.9.